The molecule has 0 bridgehead atoms. The highest BCUT2D eigenvalue weighted by molar-refractivity contribution is 8.00. The van der Waals surface area contributed by atoms with Gasteiger partial charge in [0.15, 0.2) is 0 Å². The molecule has 0 radical (unpaired) electrons. The lowest BCUT2D eigenvalue weighted by molar-refractivity contribution is -0.119. The summed E-state index contributed by atoms with van der Waals surface area (Å²) in [6.45, 7) is 6.14. The molecule has 0 unspecified atom stereocenters. The van der Waals surface area contributed by atoms with Crippen molar-refractivity contribution in [1.29, 1.82) is 0 Å². The van der Waals surface area contributed by atoms with Crippen molar-refractivity contribution in [2.75, 3.05) is 49.7 Å². The fraction of sp³-hybridized carbons (Fsp3) is 0.636. The maximum absolute atomic E-state index is 12.4. The molecule has 2 N–H and O–H groups in total. The first-order chi connectivity index (χ1) is 14.1. The fourth-order valence-electron chi connectivity index (χ4n) is 4.32. The number of hydrogen-bond donors (Lipinski definition) is 2. The van der Waals surface area contributed by atoms with Crippen molar-refractivity contribution in [2.45, 2.75) is 44.6 Å². The molecule has 3 rings (SSSR count). The van der Waals surface area contributed by atoms with Gasteiger partial charge in [0.05, 0.1) is 24.7 Å². The van der Waals surface area contributed by atoms with Crippen LogP contribution in [0.2, 0.25) is 0 Å². The van der Waals surface area contributed by atoms with Crippen LogP contribution in [0.5, 0.6) is 0 Å². The minimum atomic E-state index is -0.0783. The van der Waals surface area contributed by atoms with E-state index in [0.717, 1.165) is 50.4 Å². The van der Waals surface area contributed by atoms with Crippen molar-refractivity contribution in [2.24, 2.45) is 0 Å². The zero-order chi connectivity index (χ0) is 20.5. The number of morpholine rings is 1. The summed E-state index contributed by atoms with van der Waals surface area (Å²) < 4.78 is 5.52. The van der Waals surface area contributed by atoms with E-state index in [4.69, 9.17) is 4.74 Å². The number of ether oxygens (including phenoxy) is 1. The molecule has 2 aliphatic rings. The highest BCUT2D eigenvalue weighted by atomic mass is 32.2. The van der Waals surface area contributed by atoms with Gasteiger partial charge in [0.25, 0.3) is 0 Å². The Balaban J connectivity index is 1.40. The van der Waals surface area contributed by atoms with E-state index < -0.39 is 0 Å². The first kappa shape index (κ1) is 22.1. The molecule has 1 aliphatic heterocycles. The summed E-state index contributed by atoms with van der Waals surface area (Å²) >= 11 is 1.36. The van der Waals surface area contributed by atoms with Crippen molar-refractivity contribution in [3.63, 3.8) is 0 Å². The van der Waals surface area contributed by atoms with Crippen LogP contribution in [0, 0.1) is 6.92 Å². The van der Waals surface area contributed by atoms with Crippen LogP contribution >= 0.6 is 11.8 Å². The third-order valence-corrected chi connectivity index (χ3v) is 6.78. The van der Waals surface area contributed by atoms with E-state index in [9.17, 15) is 9.59 Å². The van der Waals surface area contributed by atoms with E-state index in [2.05, 4.69) is 15.5 Å². The van der Waals surface area contributed by atoms with Gasteiger partial charge in [-0.05, 0) is 37.5 Å². The maximum atomic E-state index is 12.4. The first-order valence-electron chi connectivity index (χ1n) is 10.6. The number of carbonyl (C=O) groups excluding carboxylic acids is 2. The van der Waals surface area contributed by atoms with Crippen LogP contribution in [0.25, 0.3) is 0 Å². The Morgan fingerprint density at radius 1 is 1.10 bits per heavy atom. The Morgan fingerprint density at radius 2 is 1.83 bits per heavy atom. The lowest BCUT2D eigenvalue weighted by Gasteiger charge is -2.48. The molecule has 1 aromatic rings. The maximum Gasteiger partial charge on any atom is 0.234 e. The van der Waals surface area contributed by atoms with Gasteiger partial charge in [-0.15, -0.1) is 11.8 Å². The Hall–Kier alpha value is -1.57. The molecule has 2 fully saturated rings. The predicted molar refractivity (Wildman–Crippen MR) is 118 cm³/mol. The number of carbonyl (C=O) groups is 2. The summed E-state index contributed by atoms with van der Waals surface area (Å²) in [6, 6.07) is 7.72. The number of hydrogen-bond acceptors (Lipinski definition) is 5. The summed E-state index contributed by atoms with van der Waals surface area (Å²) in [5.74, 6) is 0.512. The van der Waals surface area contributed by atoms with Crippen LogP contribution in [-0.2, 0) is 14.3 Å². The van der Waals surface area contributed by atoms with Crippen molar-refractivity contribution >= 4 is 29.3 Å². The largest absolute Gasteiger partial charge is 0.379 e. The van der Waals surface area contributed by atoms with E-state index in [1.54, 1.807) is 0 Å². The monoisotopic (exact) mass is 419 g/mol. The predicted octanol–water partition coefficient (Wildman–Crippen LogP) is 2.82. The molecule has 0 atom stereocenters. The minimum Gasteiger partial charge on any atom is -0.379 e. The normalized spacial score (nSPS) is 19.5. The van der Waals surface area contributed by atoms with Crippen molar-refractivity contribution < 1.29 is 14.3 Å². The van der Waals surface area contributed by atoms with Gasteiger partial charge in [-0.1, -0.05) is 31.4 Å². The van der Waals surface area contributed by atoms with E-state index in [-0.39, 0.29) is 23.1 Å². The number of nitrogens with zero attached hydrogens (tertiary/aromatic N) is 1. The summed E-state index contributed by atoms with van der Waals surface area (Å²) in [7, 11) is 0. The average molecular weight is 420 g/mol. The van der Waals surface area contributed by atoms with Crippen LogP contribution in [0.15, 0.2) is 24.3 Å². The van der Waals surface area contributed by atoms with E-state index >= 15 is 0 Å². The van der Waals surface area contributed by atoms with Crippen LogP contribution in [0.3, 0.4) is 0 Å². The van der Waals surface area contributed by atoms with Crippen molar-refractivity contribution in [3.05, 3.63) is 29.8 Å². The lowest BCUT2D eigenvalue weighted by Crippen LogP contribution is -2.59. The first-order valence-corrected chi connectivity index (χ1v) is 11.8. The number of aryl methyl sites for hydroxylation is 1. The molecule has 1 aromatic carbocycles. The van der Waals surface area contributed by atoms with E-state index in [1.165, 1.54) is 31.0 Å². The average Bonchev–Trinajstić information content (AvgIpc) is 2.74. The number of thioether (sulfide) groups is 1. The van der Waals surface area contributed by atoms with Gasteiger partial charge < -0.3 is 15.4 Å². The highest BCUT2D eigenvalue weighted by Gasteiger charge is 2.38. The molecule has 0 spiro atoms. The van der Waals surface area contributed by atoms with Crippen LogP contribution in [0.1, 0.15) is 37.7 Å². The van der Waals surface area contributed by atoms with Crippen molar-refractivity contribution in [1.82, 2.24) is 10.2 Å². The molecule has 1 saturated carbocycles. The number of benzene rings is 1. The zero-order valence-corrected chi connectivity index (χ0v) is 18.2. The Morgan fingerprint density at radius 3 is 2.55 bits per heavy atom. The van der Waals surface area contributed by atoms with Crippen LogP contribution in [0.4, 0.5) is 5.69 Å². The van der Waals surface area contributed by atoms with Gasteiger partial charge in [0.2, 0.25) is 11.8 Å². The van der Waals surface area contributed by atoms with Gasteiger partial charge in [-0.25, -0.2) is 0 Å². The molecular weight excluding hydrogens is 386 g/mol. The second kappa shape index (κ2) is 11.0. The Bertz CT molecular complexity index is 686. The number of anilines is 1. The Labute approximate surface area is 178 Å². The summed E-state index contributed by atoms with van der Waals surface area (Å²) in [4.78, 5) is 27.0. The molecule has 1 aliphatic carbocycles. The molecule has 1 saturated heterocycles. The molecule has 29 heavy (non-hydrogen) atoms. The molecule has 2 amide bonds. The van der Waals surface area contributed by atoms with Gasteiger partial charge in [-0.2, -0.15) is 0 Å². The number of rotatable bonds is 8. The van der Waals surface area contributed by atoms with Gasteiger partial charge in [0.1, 0.15) is 0 Å². The quantitative estimate of drug-likeness (QED) is 0.678. The topological polar surface area (TPSA) is 70.7 Å². The lowest BCUT2D eigenvalue weighted by atomic mass is 9.79. The standard InChI is InChI=1S/C22H33N3O3S/c1-18-6-5-7-19(14-18)24-21(27)16-29-15-20(26)23-17-22(8-3-2-4-9-22)25-10-12-28-13-11-25/h5-7,14H,2-4,8-13,15-17H2,1H3,(H,23,26)(H,24,27). The molecule has 6 nitrogen and oxygen atoms in total. The third-order valence-electron chi connectivity index (χ3n) is 5.85. The van der Waals surface area contributed by atoms with Crippen LogP contribution in [-0.4, -0.2) is 66.6 Å². The van der Waals surface area contributed by atoms with Gasteiger partial charge in [0, 0.05) is 30.9 Å². The number of amides is 2. The summed E-state index contributed by atoms with van der Waals surface area (Å²) in [5.41, 5.74) is 1.97. The Kier molecular flexibility index (Phi) is 8.39. The smallest absolute Gasteiger partial charge is 0.234 e. The molecular formula is C22H33N3O3S. The summed E-state index contributed by atoms with van der Waals surface area (Å²) in [6.07, 6.45) is 6.01. The van der Waals surface area contributed by atoms with E-state index in [0.29, 0.717) is 12.3 Å². The van der Waals surface area contributed by atoms with Gasteiger partial charge in [-0.3, -0.25) is 14.5 Å². The molecule has 1 heterocycles. The van der Waals surface area contributed by atoms with Gasteiger partial charge >= 0.3 is 0 Å². The fourth-order valence-corrected chi connectivity index (χ4v) is 4.97. The molecule has 160 valence electrons. The van der Waals surface area contributed by atoms with Crippen LogP contribution < -0.4 is 10.6 Å². The van der Waals surface area contributed by atoms with Crippen molar-refractivity contribution in [3.8, 4) is 0 Å². The highest BCUT2D eigenvalue weighted by Crippen LogP contribution is 2.33. The SMILES string of the molecule is Cc1cccc(NC(=O)CSCC(=O)NCC2(N3CCOCC3)CCCCC2)c1. The minimum absolute atomic E-state index is 0.0107. The molecule has 7 heteroatoms. The third kappa shape index (κ3) is 6.73. The summed E-state index contributed by atoms with van der Waals surface area (Å²) in [5, 5.41) is 6.03. The molecule has 0 aromatic heterocycles. The second-order valence-electron chi connectivity index (χ2n) is 8.07. The van der Waals surface area contributed by atoms with E-state index in [1.807, 2.05) is 31.2 Å². The zero-order valence-electron chi connectivity index (χ0n) is 17.4. The second-order valence-corrected chi connectivity index (χ2v) is 9.06. The number of nitrogens with one attached hydrogen (secondary N) is 2.